The van der Waals surface area contributed by atoms with E-state index in [1.807, 2.05) is 0 Å². The zero-order chi connectivity index (χ0) is 20.4. The lowest BCUT2D eigenvalue weighted by Gasteiger charge is -2.10. The Morgan fingerprint density at radius 2 is 1.97 bits per heavy atom. The second-order valence-electron chi connectivity index (χ2n) is 6.41. The van der Waals surface area contributed by atoms with Crippen LogP contribution in [0.5, 0.6) is 5.75 Å². The number of nitrogens with zero attached hydrogens (tertiary/aromatic N) is 3. The van der Waals surface area contributed by atoms with Crippen LogP contribution in [0.15, 0.2) is 44.4 Å². The molecule has 152 valence electrons. The van der Waals surface area contributed by atoms with Crippen molar-refractivity contribution < 1.29 is 22.5 Å². The molecule has 0 bridgehead atoms. The van der Waals surface area contributed by atoms with Gasteiger partial charge in [0.15, 0.2) is 0 Å². The Hall–Kier alpha value is -2.92. The van der Waals surface area contributed by atoms with E-state index in [-0.39, 0.29) is 21.8 Å². The molecule has 4 rings (SSSR count). The molecule has 0 aliphatic carbocycles. The third kappa shape index (κ3) is 4.10. The zero-order valence-electron chi connectivity index (χ0n) is 15.5. The third-order valence-corrected chi connectivity index (χ3v) is 7.26. The molecule has 1 saturated heterocycles. The topological polar surface area (TPSA) is 115 Å². The number of hydrogen-bond donors (Lipinski definition) is 1. The van der Waals surface area contributed by atoms with Crippen molar-refractivity contribution in [3.63, 3.8) is 0 Å². The standard InChI is InChI=1S/C18H18N4O5S2/c1-26-14-6-4-13(5-7-14)21-29(24,25)15-10-12(11-28-15)16-19-17(27-20-16)18(23)22-8-2-3-9-22/h4-7,10-11,21H,2-3,8-9H2,1H3. The quantitative estimate of drug-likeness (QED) is 0.634. The Kier molecular flexibility index (Phi) is 5.24. The van der Waals surface area contributed by atoms with Crippen LogP contribution in [0.2, 0.25) is 0 Å². The average Bonchev–Trinajstić information content (AvgIpc) is 3.49. The number of hydrogen-bond acceptors (Lipinski definition) is 8. The van der Waals surface area contributed by atoms with Crippen LogP contribution >= 0.6 is 11.3 Å². The van der Waals surface area contributed by atoms with Gasteiger partial charge in [-0.3, -0.25) is 9.52 Å². The number of likely N-dealkylation sites (tertiary alicyclic amines) is 1. The number of rotatable bonds is 6. The van der Waals surface area contributed by atoms with Crippen molar-refractivity contribution in [2.45, 2.75) is 17.1 Å². The number of benzene rings is 1. The van der Waals surface area contributed by atoms with Crippen molar-refractivity contribution in [3.8, 4) is 17.1 Å². The summed E-state index contributed by atoms with van der Waals surface area (Å²) in [4.78, 5) is 18.1. The summed E-state index contributed by atoms with van der Waals surface area (Å²) in [5.74, 6) is 0.414. The Morgan fingerprint density at radius 1 is 1.24 bits per heavy atom. The summed E-state index contributed by atoms with van der Waals surface area (Å²) in [6.07, 6.45) is 1.92. The minimum atomic E-state index is -3.78. The first-order valence-electron chi connectivity index (χ1n) is 8.85. The lowest BCUT2D eigenvalue weighted by atomic mass is 10.3. The molecule has 0 unspecified atom stereocenters. The van der Waals surface area contributed by atoms with Crippen LogP contribution in [0.3, 0.4) is 0 Å². The van der Waals surface area contributed by atoms with Gasteiger partial charge in [0.2, 0.25) is 5.82 Å². The second-order valence-corrected chi connectivity index (χ2v) is 9.23. The maximum absolute atomic E-state index is 12.6. The molecule has 1 aromatic carbocycles. The number of sulfonamides is 1. The molecule has 1 amide bonds. The largest absolute Gasteiger partial charge is 0.497 e. The van der Waals surface area contributed by atoms with Gasteiger partial charge >= 0.3 is 11.8 Å². The Labute approximate surface area is 171 Å². The number of thiophene rings is 1. The van der Waals surface area contributed by atoms with E-state index >= 15 is 0 Å². The highest BCUT2D eigenvalue weighted by Gasteiger charge is 2.26. The van der Waals surface area contributed by atoms with E-state index in [1.54, 1.807) is 34.5 Å². The van der Waals surface area contributed by atoms with Gasteiger partial charge in [-0.25, -0.2) is 8.42 Å². The van der Waals surface area contributed by atoms with Gasteiger partial charge < -0.3 is 14.2 Å². The monoisotopic (exact) mass is 434 g/mol. The summed E-state index contributed by atoms with van der Waals surface area (Å²) in [5, 5.41) is 5.43. The fourth-order valence-corrected chi connectivity index (χ4v) is 5.14. The minimum Gasteiger partial charge on any atom is -0.497 e. The molecule has 0 atom stereocenters. The summed E-state index contributed by atoms with van der Waals surface area (Å²) in [5.41, 5.74) is 0.883. The summed E-state index contributed by atoms with van der Waals surface area (Å²) < 4.78 is 38.0. The normalized spacial score (nSPS) is 14.2. The fraction of sp³-hybridized carbons (Fsp3) is 0.278. The predicted molar refractivity (Wildman–Crippen MR) is 107 cm³/mol. The fourth-order valence-electron chi connectivity index (χ4n) is 2.92. The van der Waals surface area contributed by atoms with Gasteiger partial charge in [0.05, 0.1) is 7.11 Å². The van der Waals surface area contributed by atoms with Crippen LogP contribution in [0.4, 0.5) is 5.69 Å². The Bertz CT molecular complexity index is 1120. The van der Waals surface area contributed by atoms with Gasteiger partial charge in [-0.2, -0.15) is 4.98 Å². The van der Waals surface area contributed by atoms with Crippen molar-refractivity contribution >= 4 is 33.0 Å². The van der Waals surface area contributed by atoms with Crippen molar-refractivity contribution in [2.24, 2.45) is 0 Å². The van der Waals surface area contributed by atoms with Crippen molar-refractivity contribution in [2.75, 3.05) is 24.9 Å². The molecular weight excluding hydrogens is 416 g/mol. The molecule has 3 heterocycles. The summed E-state index contributed by atoms with van der Waals surface area (Å²) in [7, 11) is -2.24. The number of methoxy groups -OCH3 is 1. The van der Waals surface area contributed by atoms with Crippen LogP contribution in [-0.2, 0) is 10.0 Å². The Balaban J connectivity index is 1.50. The molecule has 0 spiro atoms. The molecule has 1 N–H and O–H groups in total. The summed E-state index contributed by atoms with van der Waals surface area (Å²) >= 11 is 1.03. The van der Waals surface area contributed by atoms with Gasteiger partial charge in [0, 0.05) is 29.7 Å². The van der Waals surface area contributed by atoms with Gasteiger partial charge in [0.25, 0.3) is 10.0 Å². The molecule has 9 nitrogen and oxygen atoms in total. The zero-order valence-corrected chi connectivity index (χ0v) is 17.1. The van der Waals surface area contributed by atoms with Crippen molar-refractivity contribution in [3.05, 3.63) is 41.6 Å². The van der Waals surface area contributed by atoms with Crippen molar-refractivity contribution in [1.82, 2.24) is 15.0 Å². The van der Waals surface area contributed by atoms with Gasteiger partial charge in [-0.15, -0.1) is 11.3 Å². The van der Waals surface area contributed by atoms with Crippen molar-refractivity contribution in [1.29, 1.82) is 0 Å². The van der Waals surface area contributed by atoms with E-state index in [9.17, 15) is 13.2 Å². The first kappa shape index (κ1) is 19.4. The van der Waals surface area contributed by atoms with Gasteiger partial charge in [0.1, 0.15) is 9.96 Å². The molecule has 2 aromatic heterocycles. The lowest BCUT2D eigenvalue weighted by Crippen LogP contribution is -2.27. The summed E-state index contributed by atoms with van der Waals surface area (Å²) in [6, 6.07) is 8.00. The third-order valence-electron chi connectivity index (χ3n) is 4.44. The predicted octanol–water partition coefficient (Wildman–Crippen LogP) is 2.84. The smallest absolute Gasteiger partial charge is 0.316 e. The highest BCUT2D eigenvalue weighted by molar-refractivity contribution is 7.94. The first-order chi connectivity index (χ1) is 14.0. The van der Waals surface area contributed by atoms with E-state index < -0.39 is 10.0 Å². The van der Waals surface area contributed by atoms with Gasteiger partial charge in [-0.1, -0.05) is 5.16 Å². The van der Waals surface area contributed by atoms with Crippen LogP contribution in [0, 0.1) is 0 Å². The van der Waals surface area contributed by atoms with E-state index in [0.717, 1.165) is 24.2 Å². The molecule has 1 aliphatic rings. The molecule has 3 aromatic rings. The number of nitrogens with one attached hydrogen (secondary N) is 1. The number of carbonyl (C=O) groups is 1. The Morgan fingerprint density at radius 3 is 2.66 bits per heavy atom. The number of carbonyl (C=O) groups excluding carboxylic acids is 1. The molecule has 29 heavy (non-hydrogen) atoms. The van der Waals surface area contributed by atoms with Crippen LogP contribution < -0.4 is 9.46 Å². The van der Waals surface area contributed by atoms with Crippen LogP contribution in [0.1, 0.15) is 23.5 Å². The first-order valence-corrected chi connectivity index (χ1v) is 11.2. The highest BCUT2D eigenvalue weighted by atomic mass is 32.2. The van der Waals surface area contributed by atoms with Gasteiger partial charge in [-0.05, 0) is 43.2 Å². The van der Waals surface area contributed by atoms with Crippen LogP contribution in [0.25, 0.3) is 11.4 Å². The van der Waals surface area contributed by atoms with E-state index in [0.29, 0.717) is 30.1 Å². The van der Waals surface area contributed by atoms with E-state index in [4.69, 9.17) is 9.26 Å². The number of anilines is 1. The molecular formula is C18H18N4O5S2. The molecule has 0 radical (unpaired) electrons. The number of ether oxygens (including phenoxy) is 1. The molecule has 0 saturated carbocycles. The molecule has 11 heteroatoms. The van der Waals surface area contributed by atoms with Crippen LogP contribution in [-0.4, -0.2) is 49.6 Å². The lowest BCUT2D eigenvalue weighted by molar-refractivity contribution is 0.0743. The highest BCUT2D eigenvalue weighted by Crippen LogP contribution is 2.29. The maximum Gasteiger partial charge on any atom is 0.316 e. The average molecular weight is 434 g/mol. The van der Waals surface area contributed by atoms with E-state index in [1.165, 1.54) is 13.2 Å². The van der Waals surface area contributed by atoms with E-state index in [2.05, 4.69) is 14.9 Å². The maximum atomic E-state index is 12.6. The number of amides is 1. The minimum absolute atomic E-state index is 0.0890. The number of aromatic nitrogens is 2. The second kappa shape index (κ2) is 7.84. The molecule has 1 fully saturated rings. The summed E-state index contributed by atoms with van der Waals surface area (Å²) in [6.45, 7) is 1.35. The molecule has 1 aliphatic heterocycles. The SMILES string of the molecule is COc1ccc(NS(=O)(=O)c2cc(-c3noc(C(=O)N4CCCC4)n3)cs2)cc1.